The van der Waals surface area contributed by atoms with Crippen LogP contribution in [-0.4, -0.2) is 19.7 Å². The predicted molar refractivity (Wildman–Crippen MR) is 108 cm³/mol. The Morgan fingerprint density at radius 3 is 2.28 bits per heavy atom. The van der Waals surface area contributed by atoms with Crippen molar-refractivity contribution >= 4 is 49.0 Å². The molecule has 0 saturated heterocycles. The van der Waals surface area contributed by atoms with E-state index in [4.69, 9.17) is 0 Å². The fourth-order valence-corrected chi connectivity index (χ4v) is 6.04. The first kappa shape index (κ1) is 18.2. The average Bonchev–Trinajstić information content (AvgIpc) is 2.95. The molecule has 1 heterocycles. The number of rotatable bonds is 4. The van der Waals surface area contributed by atoms with Crippen LogP contribution in [-0.2, 0) is 10.0 Å². The number of thioether (sulfide) groups is 1. The van der Waals surface area contributed by atoms with Crippen molar-refractivity contribution in [2.24, 2.45) is 0 Å². The number of nitrogens with one attached hydrogen (secondary N) is 1. The number of thiazole rings is 1. The molecule has 3 aromatic rings. The van der Waals surface area contributed by atoms with Crippen LogP contribution in [0.2, 0.25) is 0 Å². The number of hydrogen-bond acceptors (Lipinski definition) is 5. The number of aryl methyl sites for hydroxylation is 2. The van der Waals surface area contributed by atoms with Crippen molar-refractivity contribution in [3.63, 3.8) is 0 Å². The maximum absolute atomic E-state index is 13.0. The Bertz CT molecular complexity index is 1040. The van der Waals surface area contributed by atoms with E-state index < -0.39 is 10.0 Å². The Balaban J connectivity index is 2.05. The quantitative estimate of drug-likeness (QED) is 0.631. The van der Waals surface area contributed by atoms with Crippen LogP contribution in [0.25, 0.3) is 10.2 Å². The number of aromatic nitrogens is 1. The summed E-state index contributed by atoms with van der Waals surface area (Å²) in [7, 11) is -3.66. The second-order valence-electron chi connectivity index (χ2n) is 6.06. The Morgan fingerprint density at radius 1 is 1.04 bits per heavy atom. The molecule has 0 radical (unpaired) electrons. The average molecular weight is 393 g/mol. The Hall–Kier alpha value is -1.57. The van der Waals surface area contributed by atoms with Crippen LogP contribution in [0.5, 0.6) is 0 Å². The Labute approximate surface area is 156 Å². The highest BCUT2D eigenvalue weighted by Gasteiger charge is 2.22. The third-order valence-electron chi connectivity index (χ3n) is 4.36. The van der Waals surface area contributed by atoms with Gasteiger partial charge in [-0.1, -0.05) is 17.8 Å². The molecule has 25 heavy (non-hydrogen) atoms. The summed E-state index contributed by atoms with van der Waals surface area (Å²) in [4.78, 5) is 4.86. The lowest BCUT2D eigenvalue weighted by molar-refractivity contribution is 0.599. The third-order valence-corrected chi connectivity index (χ3v) is 8.02. The van der Waals surface area contributed by atoms with E-state index in [9.17, 15) is 8.42 Å². The van der Waals surface area contributed by atoms with Crippen molar-refractivity contribution in [1.82, 2.24) is 4.98 Å². The highest BCUT2D eigenvalue weighted by atomic mass is 32.2. The molecule has 2 aromatic carbocycles. The molecule has 0 bridgehead atoms. The van der Waals surface area contributed by atoms with Crippen LogP contribution in [0, 0.1) is 27.7 Å². The highest BCUT2D eigenvalue weighted by molar-refractivity contribution is 8.00. The molecule has 1 N–H and O–H groups in total. The van der Waals surface area contributed by atoms with Gasteiger partial charge in [0.2, 0.25) is 0 Å². The lowest BCUT2D eigenvalue weighted by Crippen LogP contribution is -2.17. The van der Waals surface area contributed by atoms with Crippen LogP contribution >= 0.6 is 23.1 Å². The second kappa shape index (κ2) is 6.63. The summed E-state index contributed by atoms with van der Waals surface area (Å²) in [5, 5.41) is 0. The smallest absolute Gasteiger partial charge is 0.262 e. The van der Waals surface area contributed by atoms with Gasteiger partial charge >= 0.3 is 0 Å². The van der Waals surface area contributed by atoms with Crippen molar-refractivity contribution in [3.8, 4) is 0 Å². The van der Waals surface area contributed by atoms with E-state index in [1.54, 1.807) is 29.2 Å². The van der Waals surface area contributed by atoms with E-state index in [0.717, 1.165) is 36.8 Å². The molecular formula is C18H20N2O2S3. The Kier molecular flexibility index (Phi) is 4.83. The number of anilines is 1. The van der Waals surface area contributed by atoms with Crippen molar-refractivity contribution in [2.75, 3.05) is 11.0 Å². The van der Waals surface area contributed by atoms with Crippen molar-refractivity contribution in [2.45, 2.75) is 36.9 Å². The molecule has 4 nitrogen and oxygen atoms in total. The minimum absolute atomic E-state index is 0.374. The maximum atomic E-state index is 13.0. The van der Waals surface area contributed by atoms with Gasteiger partial charge in [0.15, 0.2) is 4.34 Å². The molecule has 3 rings (SSSR count). The fourth-order valence-electron chi connectivity index (χ4n) is 2.84. The molecule has 0 fully saturated rings. The molecule has 0 atom stereocenters. The van der Waals surface area contributed by atoms with E-state index in [2.05, 4.69) is 9.71 Å². The molecule has 0 unspecified atom stereocenters. The molecule has 7 heteroatoms. The summed E-state index contributed by atoms with van der Waals surface area (Å²) in [6.45, 7) is 7.59. The summed E-state index contributed by atoms with van der Waals surface area (Å²) in [6.07, 6.45) is 1.98. The van der Waals surface area contributed by atoms with Crippen LogP contribution in [0.15, 0.2) is 33.5 Å². The summed E-state index contributed by atoms with van der Waals surface area (Å²) < 4.78 is 30.7. The zero-order valence-corrected chi connectivity index (χ0v) is 17.2. The molecule has 0 amide bonds. The van der Waals surface area contributed by atoms with Crippen LogP contribution in [0.4, 0.5) is 5.69 Å². The third kappa shape index (κ3) is 3.41. The fraction of sp³-hybridized carbons (Fsp3) is 0.278. The number of fused-ring (bicyclic) bond motifs is 1. The first-order valence-electron chi connectivity index (χ1n) is 7.77. The number of benzene rings is 2. The van der Waals surface area contributed by atoms with Gasteiger partial charge in [-0.15, -0.1) is 11.3 Å². The summed E-state index contributed by atoms with van der Waals surface area (Å²) in [5.74, 6) is 0. The SMILES string of the molecule is CSc1nc2ccc(NS(=O)(=O)c3c(C)c(C)cc(C)c3C)cc2s1. The van der Waals surface area contributed by atoms with E-state index >= 15 is 0 Å². The first-order valence-corrected chi connectivity index (χ1v) is 11.3. The molecule has 132 valence electrons. The lowest BCUT2D eigenvalue weighted by atomic mass is 10.0. The first-order chi connectivity index (χ1) is 11.7. The zero-order valence-electron chi connectivity index (χ0n) is 14.8. The van der Waals surface area contributed by atoms with Gasteiger partial charge in [0.1, 0.15) is 0 Å². The molecule has 0 spiro atoms. The van der Waals surface area contributed by atoms with Gasteiger partial charge in [-0.3, -0.25) is 4.72 Å². The van der Waals surface area contributed by atoms with Gasteiger partial charge in [-0.05, 0) is 74.4 Å². The zero-order chi connectivity index (χ0) is 18.4. The highest BCUT2D eigenvalue weighted by Crippen LogP contribution is 2.32. The maximum Gasteiger partial charge on any atom is 0.262 e. The summed E-state index contributed by atoms with van der Waals surface area (Å²) in [5.41, 5.74) is 4.98. The number of sulfonamides is 1. The summed E-state index contributed by atoms with van der Waals surface area (Å²) in [6, 6.07) is 7.48. The van der Waals surface area contributed by atoms with Crippen LogP contribution < -0.4 is 4.72 Å². The van der Waals surface area contributed by atoms with Gasteiger partial charge in [-0.2, -0.15) is 0 Å². The standard InChI is InChI=1S/C18H20N2O2S3/c1-10-8-11(2)13(4)17(12(10)3)25(21,22)20-14-6-7-15-16(9-14)24-18(19-15)23-5/h6-9,20H,1-5H3. The van der Waals surface area contributed by atoms with Gasteiger partial charge in [-0.25, -0.2) is 13.4 Å². The van der Waals surface area contributed by atoms with E-state index in [1.807, 2.05) is 52.1 Å². The molecule has 1 aromatic heterocycles. The number of nitrogens with zero attached hydrogens (tertiary/aromatic N) is 1. The van der Waals surface area contributed by atoms with Crippen molar-refractivity contribution < 1.29 is 8.42 Å². The monoisotopic (exact) mass is 392 g/mol. The minimum atomic E-state index is -3.66. The van der Waals surface area contributed by atoms with Crippen molar-refractivity contribution in [3.05, 3.63) is 46.5 Å². The van der Waals surface area contributed by atoms with E-state index in [1.165, 1.54) is 0 Å². The van der Waals surface area contributed by atoms with Gasteiger partial charge in [0.25, 0.3) is 10.0 Å². The second-order valence-corrected chi connectivity index (χ2v) is 9.76. The topological polar surface area (TPSA) is 59.1 Å². The number of hydrogen-bond donors (Lipinski definition) is 1. The van der Waals surface area contributed by atoms with Gasteiger partial charge in [0.05, 0.1) is 20.8 Å². The largest absolute Gasteiger partial charge is 0.280 e. The molecule has 0 aliphatic heterocycles. The van der Waals surface area contributed by atoms with E-state index in [-0.39, 0.29) is 0 Å². The lowest BCUT2D eigenvalue weighted by Gasteiger charge is -2.16. The summed E-state index contributed by atoms with van der Waals surface area (Å²) >= 11 is 3.15. The van der Waals surface area contributed by atoms with Gasteiger partial charge in [0, 0.05) is 0 Å². The minimum Gasteiger partial charge on any atom is -0.280 e. The van der Waals surface area contributed by atoms with Gasteiger partial charge < -0.3 is 0 Å². The van der Waals surface area contributed by atoms with E-state index in [0.29, 0.717) is 10.6 Å². The Morgan fingerprint density at radius 2 is 1.68 bits per heavy atom. The molecule has 0 aliphatic rings. The molecule has 0 saturated carbocycles. The predicted octanol–water partition coefficient (Wildman–Crippen LogP) is 5.05. The van der Waals surface area contributed by atoms with Crippen LogP contribution in [0.3, 0.4) is 0 Å². The van der Waals surface area contributed by atoms with Crippen molar-refractivity contribution in [1.29, 1.82) is 0 Å². The molecule has 0 aliphatic carbocycles. The van der Waals surface area contributed by atoms with Crippen LogP contribution in [0.1, 0.15) is 22.3 Å². The normalized spacial score (nSPS) is 11.9. The molecular weight excluding hydrogens is 372 g/mol.